The van der Waals surface area contributed by atoms with Gasteiger partial charge in [-0.1, -0.05) is 13.8 Å². The number of rotatable bonds is 7. The zero-order valence-electron chi connectivity index (χ0n) is 12.3. The zero-order valence-corrected chi connectivity index (χ0v) is 13.9. The van der Waals surface area contributed by atoms with Crippen LogP contribution in [0, 0.1) is 0 Å². The van der Waals surface area contributed by atoms with E-state index in [1.165, 1.54) is 6.26 Å². The van der Waals surface area contributed by atoms with Crippen molar-refractivity contribution in [3.05, 3.63) is 0 Å². The van der Waals surface area contributed by atoms with E-state index in [1.54, 1.807) is 18.9 Å². The summed E-state index contributed by atoms with van der Waals surface area (Å²) in [5.41, 5.74) is 0. The molecule has 0 aromatic carbocycles. The van der Waals surface area contributed by atoms with Crippen LogP contribution in [0.25, 0.3) is 0 Å². The molecule has 7 heteroatoms. The lowest BCUT2D eigenvalue weighted by Crippen LogP contribution is -2.56. The lowest BCUT2D eigenvalue weighted by molar-refractivity contribution is 0.0855. The van der Waals surface area contributed by atoms with Crippen molar-refractivity contribution in [2.45, 2.75) is 31.3 Å². The molecule has 0 radical (unpaired) electrons. The Hall–Kier alpha value is 0.180. The van der Waals surface area contributed by atoms with Crippen LogP contribution < -0.4 is 5.32 Å². The van der Waals surface area contributed by atoms with Crippen molar-refractivity contribution in [1.82, 2.24) is 10.2 Å². The fourth-order valence-corrected chi connectivity index (χ4v) is 5.16. The number of nitrogens with one attached hydrogen (secondary N) is 1. The minimum Gasteiger partial charge on any atom is -0.383 e. The minimum atomic E-state index is -3.06. The summed E-state index contributed by atoms with van der Waals surface area (Å²) in [5.74, 6) is 1.63. The van der Waals surface area contributed by atoms with Crippen LogP contribution in [0.1, 0.15) is 13.8 Å². The Morgan fingerprint density at radius 2 is 2.16 bits per heavy atom. The van der Waals surface area contributed by atoms with E-state index in [0.29, 0.717) is 18.4 Å². The number of nitrogens with zero attached hydrogens (tertiary/aromatic N) is 1. The van der Waals surface area contributed by atoms with Crippen molar-refractivity contribution >= 4 is 21.6 Å². The smallest absolute Gasteiger partial charge is 0.164 e. The molecule has 0 aliphatic carbocycles. The molecule has 0 saturated carbocycles. The first kappa shape index (κ1) is 17.2. The highest BCUT2D eigenvalue weighted by Gasteiger charge is 2.35. The Labute approximate surface area is 121 Å². The molecule has 1 N–H and O–H groups in total. The number of ether oxygens (including phenoxy) is 1. The van der Waals surface area contributed by atoms with Crippen molar-refractivity contribution in [3.63, 3.8) is 0 Å². The number of hydrogen-bond donors (Lipinski definition) is 1. The maximum atomic E-state index is 11.9. The van der Waals surface area contributed by atoms with Crippen LogP contribution >= 0.6 is 11.8 Å². The molecule has 0 amide bonds. The van der Waals surface area contributed by atoms with Gasteiger partial charge in [-0.25, -0.2) is 8.42 Å². The van der Waals surface area contributed by atoms with Gasteiger partial charge >= 0.3 is 0 Å². The van der Waals surface area contributed by atoms with E-state index in [9.17, 15) is 8.42 Å². The van der Waals surface area contributed by atoms with E-state index in [1.807, 2.05) is 0 Å². The van der Waals surface area contributed by atoms with E-state index in [4.69, 9.17) is 4.74 Å². The van der Waals surface area contributed by atoms with E-state index >= 15 is 0 Å². The molecule has 1 rings (SSSR count). The lowest BCUT2D eigenvalue weighted by atomic mass is 10.2. The molecule has 2 unspecified atom stereocenters. The third-order valence-corrected chi connectivity index (χ3v) is 5.87. The second-order valence-electron chi connectivity index (χ2n) is 5.27. The van der Waals surface area contributed by atoms with Crippen LogP contribution in [0.5, 0.6) is 0 Å². The largest absolute Gasteiger partial charge is 0.383 e. The first-order valence-corrected chi connectivity index (χ1v) is 9.72. The fraction of sp³-hybridized carbons (Fsp3) is 1.00. The zero-order chi connectivity index (χ0) is 14.5. The number of sulfone groups is 1. The summed E-state index contributed by atoms with van der Waals surface area (Å²) in [6.45, 7) is 6.28. The van der Waals surface area contributed by atoms with Gasteiger partial charge in [0.25, 0.3) is 0 Å². The number of methoxy groups -OCH3 is 1. The van der Waals surface area contributed by atoms with Gasteiger partial charge in [0, 0.05) is 50.0 Å². The van der Waals surface area contributed by atoms with Gasteiger partial charge in [0.05, 0.1) is 6.61 Å². The number of thioether (sulfide) groups is 1. The van der Waals surface area contributed by atoms with Crippen molar-refractivity contribution in [2.75, 3.05) is 44.6 Å². The Morgan fingerprint density at radius 3 is 2.68 bits per heavy atom. The predicted octanol–water partition coefficient (Wildman–Crippen LogP) is 0.419. The Bertz CT molecular complexity index is 360. The molecule has 0 bridgehead atoms. The van der Waals surface area contributed by atoms with Crippen molar-refractivity contribution in [3.8, 4) is 0 Å². The molecule has 114 valence electrons. The monoisotopic (exact) mass is 310 g/mol. The van der Waals surface area contributed by atoms with Crippen molar-refractivity contribution < 1.29 is 13.2 Å². The first-order chi connectivity index (χ1) is 8.86. The normalized spacial score (nSPS) is 23.7. The van der Waals surface area contributed by atoms with E-state index in [2.05, 4.69) is 24.1 Å². The summed E-state index contributed by atoms with van der Waals surface area (Å²) in [4.78, 5) is 2.09. The average molecular weight is 310 g/mol. The average Bonchev–Trinajstić information content (AvgIpc) is 2.33. The lowest BCUT2D eigenvalue weighted by Gasteiger charge is -2.39. The molecular formula is C12H26N2O3S2. The SMILES string of the molecule is COCC(CNC(C)C)N1CCSCC1S(C)(=O)=O. The van der Waals surface area contributed by atoms with Gasteiger partial charge in [-0.2, -0.15) is 11.8 Å². The molecule has 0 aromatic rings. The molecule has 1 aliphatic heterocycles. The van der Waals surface area contributed by atoms with Crippen LogP contribution in [-0.2, 0) is 14.6 Å². The van der Waals surface area contributed by atoms with Crippen LogP contribution in [0.2, 0.25) is 0 Å². The first-order valence-electron chi connectivity index (χ1n) is 6.61. The van der Waals surface area contributed by atoms with Crippen LogP contribution in [0.4, 0.5) is 0 Å². The van der Waals surface area contributed by atoms with E-state index in [-0.39, 0.29) is 11.4 Å². The van der Waals surface area contributed by atoms with Crippen LogP contribution in [0.15, 0.2) is 0 Å². The summed E-state index contributed by atoms with van der Waals surface area (Å²) in [7, 11) is -1.39. The Kier molecular flexibility index (Phi) is 7.10. The standard InChI is InChI=1S/C12H26N2O3S2/c1-10(2)13-7-11(8-17-3)14-5-6-18-9-12(14)19(4,15)16/h10-13H,5-9H2,1-4H3. The summed E-state index contributed by atoms with van der Waals surface area (Å²) in [6, 6.07) is 0.489. The second-order valence-corrected chi connectivity index (χ2v) is 8.62. The maximum Gasteiger partial charge on any atom is 0.164 e. The topological polar surface area (TPSA) is 58.6 Å². The number of hydrogen-bond acceptors (Lipinski definition) is 6. The predicted molar refractivity (Wildman–Crippen MR) is 81.5 cm³/mol. The van der Waals surface area contributed by atoms with E-state index < -0.39 is 9.84 Å². The molecule has 0 spiro atoms. The highest BCUT2D eigenvalue weighted by molar-refractivity contribution is 8.00. The van der Waals surface area contributed by atoms with Gasteiger partial charge in [-0.05, 0) is 0 Å². The van der Waals surface area contributed by atoms with Gasteiger partial charge in [-0.15, -0.1) is 0 Å². The Balaban J connectivity index is 2.78. The third-order valence-electron chi connectivity index (χ3n) is 3.21. The van der Waals surface area contributed by atoms with Gasteiger partial charge in [0.15, 0.2) is 9.84 Å². The van der Waals surface area contributed by atoms with Gasteiger partial charge in [0.1, 0.15) is 5.37 Å². The fourth-order valence-electron chi connectivity index (χ4n) is 2.22. The molecule has 1 aliphatic rings. The van der Waals surface area contributed by atoms with Gasteiger partial charge < -0.3 is 10.1 Å². The molecule has 2 atom stereocenters. The molecule has 1 fully saturated rings. The summed E-state index contributed by atoms with van der Waals surface area (Å²) < 4.78 is 29.1. The quantitative estimate of drug-likeness (QED) is 0.735. The molecule has 1 saturated heterocycles. The highest BCUT2D eigenvalue weighted by atomic mass is 32.2. The molecule has 1 heterocycles. The minimum absolute atomic E-state index is 0.105. The van der Waals surface area contributed by atoms with Crippen LogP contribution in [0.3, 0.4) is 0 Å². The second kappa shape index (κ2) is 7.83. The summed E-state index contributed by atoms with van der Waals surface area (Å²) in [6.07, 6.45) is 1.33. The van der Waals surface area contributed by atoms with Gasteiger partial charge in [0.2, 0.25) is 0 Å². The summed E-state index contributed by atoms with van der Waals surface area (Å²) >= 11 is 1.71. The Morgan fingerprint density at radius 1 is 1.47 bits per heavy atom. The molecule has 5 nitrogen and oxygen atoms in total. The maximum absolute atomic E-state index is 11.9. The molecular weight excluding hydrogens is 284 g/mol. The summed E-state index contributed by atoms with van der Waals surface area (Å²) in [5, 5.41) is 2.99. The van der Waals surface area contributed by atoms with Crippen molar-refractivity contribution in [1.29, 1.82) is 0 Å². The highest BCUT2D eigenvalue weighted by Crippen LogP contribution is 2.22. The molecule has 0 aromatic heterocycles. The van der Waals surface area contributed by atoms with Crippen molar-refractivity contribution in [2.24, 2.45) is 0 Å². The van der Waals surface area contributed by atoms with Crippen LogP contribution in [-0.4, -0.2) is 75.3 Å². The third kappa shape index (κ3) is 5.59. The van der Waals surface area contributed by atoms with E-state index in [0.717, 1.165) is 18.8 Å². The molecule has 19 heavy (non-hydrogen) atoms. The van der Waals surface area contributed by atoms with Gasteiger partial charge in [-0.3, -0.25) is 4.90 Å².